The Morgan fingerprint density at radius 1 is 1.03 bits per heavy atom. The number of amides is 1. The van der Waals surface area contributed by atoms with Gasteiger partial charge in [0.05, 0.1) is 10.0 Å². The van der Waals surface area contributed by atoms with Crippen LogP contribution in [-0.2, 0) is 0 Å². The van der Waals surface area contributed by atoms with E-state index in [1.54, 1.807) is 30.3 Å². The second kappa shape index (κ2) is 8.52. The number of carbonyl (C=O) groups excluding carboxylic acids is 1. The highest BCUT2D eigenvalue weighted by Crippen LogP contribution is 2.30. The highest BCUT2D eigenvalue weighted by molar-refractivity contribution is 6.42. The molecule has 1 atom stereocenters. The average molecular weight is 429 g/mol. The molecule has 4 rings (SSSR count). The zero-order valence-corrected chi connectivity index (χ0v) is 17.6. The quantitative estimate of drug-likeness (QED) is 0.492. The summed E-state index contributed by atoms with van der Waals surface area (Å²) in [5.41, 5.74) is 2.68. The van der Waals surface area contributed by atoms with Crippen LogP contribution in [0.5, 0.6) is 0 Å². The molecule has 1 aliphatic rings. The molecule has 1 saturated heterocycles. The first-order chi connectivity index (χ1) is 14.0. The van der Waals surface area contributed by atoms with E-state index in [1.807, 2.05) is 12.1 Å². The summed E-state index contributed by atoms with van der Waals surface area (Å²) in [6, 6.07) is 17.1. The summed E-state index contributed by atoms with van der Waals surface area (Å²) < 4.78 is 5.71. The molecule has 6 heteroatoms. The van der Waals surface area contributed by atoms with Gasteiger partial charge in [0.15, 0.2) is 5.76 Å². The monoisotopic (exact) mass is 428 g/mol. The van der Waals surface area contributed by atoms with Crippen molar-refractivity contribution in [1.29, 1.82) is 0 Å². The van der Waals surface area contributed by atoms with E-state index >= 15 is 0 Å². The van der Waals surface area contributed by atoms with E-state index in [0.29, 0.717) is 21.8 Å². The third kappa shape index (κ3) is 4.44. The molecule has 3 aromatic rings. The van der Waals surface area contributed by atoms with Crippen molar-refractivity contribution < 1.29 is 9.21 Å². The molecule has 2 aromatic carbocycles. The van der Waals surface area contributed by atoms with Gasteiger partial charge in [0.2, 0.25) is 0 Å². The van der Waals surface area contributed by atoms with Crippen LogP contribution in [0.1, 0.15) is 36.7 Å². The zero-order valence-electron chi connectivity index (χ0n) is 16.1. The van der Waals surface area contributed by atoms with Crippen LogP contribution < -0.4 is 10.2 Å². The number of hydrogen-bond donors (Lipinski definition) is 1. The Morgan fingerprint density at radius 2 is 1.83 bits per heavy atom. The highest BCUT2D eigenvalue weighted by atomic mass is 35.5. The minimum absolute atomic E-state index is 0.236. The molecule has 1 aromatic heterocycles. The van der Waals surface area contributed by atoms with Crippen LogP contribution in [0.4, 0.5) is 11.4 Å². The number of halogens is 2. The van der Waals surface area contributed by atoms with Gasteiger partial charge in [0.1, 0.15) is 5.76 Å². The number of anilines is 2. The number of benzene rings is 2. The minimum atomic E-state index is -0.296. The van der Waals surface area contributed by atoms with Crippen LogP contribution in [0.2, 0.25) is 10.0 Å². The maximum atomic E-state index is 12.6. The fourth-order valence-corrected chi connectivity index (χ4v) is 3.97. The number of hydrogen-bond acceptors (Lipinski definition) is 3. The lowest BCUT2D eigenvalue weighted by Gasteiger charge is -2.35. The van der Waals surface area contributed by atoms with E-state index in [2.05, 4.69) is 29.3 Å². The topological polar surface area (TPSA) is 45.5 Å². The highest BCUT2D eigenvalue weighted by Gasteiger charge is 2.19. The second-order valence-electron chi connectivity index (χ2n) is 7.33. The molecule has 2 heterocycles. The van der Waals surface area contributed by atoms with Crippen molar-refractivity contribution in [2.75, 3.05) is 16.8 Å². The fourth-order valence-electron chi connectivity index (χ4n) is 3.68. The third-order valence-electron chi connectivity index (χ3n) is 5.29. The normalized spacial score (nSPS) is 16.7. The zero-order chi connectivity index (χ0) is 20.4. The lowest BCUT2D eigenvalue weighted by Crippen LogP contribution is -2.37. The minimum Gasteiger partial charge on any atom is -0.451 e. The van der Waals surface area contributed by atoms with Crippen molar-refractivity contribution in [3.8, 4) is 11.3 Å². The first-order valence-corrected chi connectivity index (χ1v) is 10.5. The lowest BCUT2D eigenvalue weighted by atomic mass is 10.0. The number of piperidine rings is 1. The first kappa shape index (κ1) is 19.9. The van der Waals surface area contributed by atoms with E-state index in [-0.39, 0.29) is 11.7 Å². The van der Waals surface area contributed by atoms with E-state index in [4.69, 9.17) is 27.6 Å². The van der Waals surface area contributed by atoms with Gasteiger partial charge in [-0.1, -0.05) is 23.2 Å². The van der Waals surface area contributed by atoms with Gasteiger partial charge in [-0.05, 0) is 80.8 Å². The van der Waals surface area contributed by atoms with Gasteiger partial charge in [-0.25, -0.2) is 0 Å². The molecule has 4 nitrogen and oxygen atoms in total. The number of nitrogens with zero attached hydrogens (tertiary/aromatic N) is 1. The summed E-state index contributed by atoms with van der Waals surface area (Å²) in [5.74, 6) is 0.498. The van der Waals surface area contributed by atoms with Crippen LogP contribution in [-0.4, -0.2) is 18.5 Å². The summed E-state index contributed by atoms with van der Waals surface area (Å²) in [5, 5.41) is 3.80. The van der Waals surface area contributed by atoms with Crippen molar-refractivity contribution in [2.45, 2.75) is 32.2 Å². The van der Waals surface area contributed by atoms with Crippen molar-refractivity contribution >= 4 is 40.5 Å². The van der Waals surface area contributed by atoms with Gasteiger partial charge in [0, 0.05) is 29.5 Å². The van der Waals surface area contributed by atoms with Gasteiger partial charge in [0.25, 0.3) is 5.91 Å². The van der Waals surface area contributed by atoms with E-state index < -0.39 is 0 Å². The molecule has 150 valence electrons. The van der Waals surface area contributed by atoms with Gasteiger partial charge in [-0.15, -0.1) is 0 Å². The van der Waals surface area contributed by atoms with Gasteiger partial charge in [-0.3, -0.25) is 4.79 Å². The Labute approximate surface area is 180 Å². The van der Waals surface area contributed by atoms with Crippen molar-refractivity contribution in [2.24, 2.45) is 0 Å². The number of nitrogens with one attached hydrogen (secondary N) is 1. The molecule has 1 amide bonds. The Morgan fingerprint density at radius 3 is 2.55 bits per heavy atom. The Bertz CT molecular complexity index is 1010. The maximum Gasteiger partial charge on any atom is 0.291 e. The molecule has 0 spiro atoms. The molecule has 0 saturated carbocycles. The molecular formula is C23H22Cl2N2O2. The van der Waals surface area contributed by atoms with Gasteiger partial charge in [-0.2, -0.15) is 0 Å². The SMILES string of the molecule is C[C@H]1CCCCN1c1ccc(NC(=O)c2ccc(-c3ccc(Cl)c(Cl)c3)o2)cc1. The van der Waals surface area contributed by atoms with Crippen LogP contribution in [0.3, 0.4) is 0 Å². The summed E-state index contributed by atoms with van der Waals surface area (Å²) in [4.78, 5) is 15.0. The molecule has 1 N–H and O–H groups in total. The Hall–Kier alpha value is -2.43. The third-order valence-corrected chi connectivity index (χ3v) is 6.03. The molecule has 0 bridgehead atoms. The van der Waals surface area contributed by atoms with Crippen molar-refractivity contribution in [3.05, 3.63) is 70.4 Å². The molecule has 1 fully saturated rings. The van der Waals surface area contributed by atoms with Crippen LogP contribution in [0.15, 0.2) is 59.0 Å². The summed E-state index contributed by atoms with van der Waals surface area (Å²) in [7, 11) is 0. The molecular weight excluding hydrogens is 407 g/mol. The molecule has 29 heavy (non-hydrogen) atoms. The van der Waals surface area contributed by atoms with Crippen LogP contribution >= 0.6 is 23.2 Å². The van der Waals surface area contributed by atoms with E-state index in [0.717, 1.165) is 17.8 Å². The predicted octanol–water partition coefficient (Wildman–Crippen LogP) is 6.88. The number of carbonyl (C=O) groups is 1. The predicted molar refractivity (Wildman–Crippen MR) is 119 cm³/mol. The standard InChI is InChI=1S/C23H22Cl2N2O2/c1-15-4-2-3-13-27(15)18-8-6-17(7-9-18)26-23(28)22-12-11-21(29-22)16-5-10-19(24)20(25)14-16/h5-12,14-15H,2-4,13H2,1H3,(H,26,28)/t15-/m0/s1. The fraction of sp³-hybridized carbons (Fsp3) is 0.261. The molecule has 0 radical (unpaired) electrons. The van der Waals surface area contributed by atoms with Crippen LogP contribution in [0, 0.1) is 0 Å². The largest absolute Gasteiger partial charge is 0.451 e. The number of rotatable bonds is 4. The van der Waals surface area contributed by atoms with E-state index in [1.165, 1.54) is 24.9 Å². The van der Waals surface area contributed by atoms with Crippen molar-refractivity contribution in [1.82, 2.24) is 0 Å². The second-order valence-corrected chi connectivity index (χ2v) is 8.15. The smallest absolute Gasteiger partial charge is 0.291 e. The van der Waals surface area contributed by atoms with Gasteiger partial charge >= 0.3 is 0 Å². The Balaban J connectivity index is 1.44. The lowest BCUT2D eigenvalue weighted by molar-refractivity contribution is 0.0997. The average Bonchev–Trinajstić information content (AvgIpc) is 3.22. The number of furan rings is 1. The van der Waals surface area contributed by atoms with Crippen LogP contribution in [0.25, 0.3) is 11.3 Å². The Kier molecular flexibility index (Phi) is 5.84. The maximum absolute atomic E-state index is 12.6. The summed E-state index contributed by atoms with van der Waals surface area (Å²) >= 11 is 12.0. The first-order valence-electron chi connectivity index (χ1n) is 9.74. The molecule has 0 unspecified atom stereocenters. The summed E-state index contributed by atoms with van der Waals surface area (Å²) in [6.45, 7) is 3.34. The van der Waals surface area contributed by atoms with Crippen molar-refractivity contribution in [3.63, 3.8) is 0 Å². The summed E-state index contributed by atoms with van der Waals surface area (Å²) in [6.07, 6.45) is 3.74. The molecule has 1 aliphatic heterocycles. The van der Waals surface area contributed by atoms with Gasteiger partial charge < -0.3 is 14.6 Å². The molecule has 0 aliphatic carbocycles. The van der Waals surface area contributed by atoms with E-state index in [9.17, 15) is 4.79 Å².